The van der Waals surface area contributed by atoms with Gasteiger partial charge in [0.15, 0.2) is 0 Å². The minimum Gasteiger partial charge on any atom is -0.497 e. The Kier molecular flexibility index (Phi) is 6.98. The molecule has 0 spiro atoms. The predicted molar refractivity (Wildman–Crippen MR) is 155 cm³/mol. The van der Waals surface area contributed by atoms with Crippen LogP contribution in [0.4, 0.5) is 0 Å². The molecule has 0 radical (unpaired) electrons. The van der Waals surface area contributed by atoms with Gasteiger partial charge >= 0.3 is 0 Å². The van der Waals surface area contributed by atoms with Gasteiger partial charge in [-0.05, 0) is 60.0 Å². The minimum atomic E-state index is -3.58. The molecule has 4 heterocycles. The van der Waals surface area contributed by atoms with E-state index in [-0.39, 0.29) is 10.9 Å². The molecule has 5 atom stereocenters. The number of ether oxygens (including phenoxy) is 1. The van der Waals surface area contributed by atoms with Crippen molar-refractivity contribution in [1.29, 1.82) is 0 Å². The summed E-state index contributed by atoms with van der Waals surface area (Å²) in [4.78, 5) is 5.10. The van der Waals surface area contributed by atoms with Gasteiger partial charge in [0.2, 0.25) is 9.84 Å². The van der Waals surface area contributed by atoms with Gasteiger partial charge in [-0.15, -0.1) is 6.58 Å². The van der Waals surface area contributed by atoms with E-state index in [9.17, 15) is 13.5 Å². The van der Waals surface area contributed by atoms with Gasteiger partial charge in [0.05, 0.1) is 35.5 Å². The third-order valence-corrected chi connectivity index (χ3v) is 10.9. The zero-order valence-electron chi connectivity index (χ0n) is 22.7. The highest BCUT2D eigenvalue weighted by atomic mass is 32.2. The van der Waals surface area contributed by atoms with Gasteiger partial charge in [-0.2, -0.15) is 0 Å². The molecule has 7 heteroatoms. The number of quaternary nitrogens is 1. The Balaban J connectivity index is 1.34. The Hall–Kier alpha value is -3.52. The van der Waals surface area contributed by atoms with E-state index in [0.717, 1.165) is 64.7 Å². The number of aromatic nitrogens is 1. The molecule has 2 bridgehead atoms. The van der Waals surface area contributed by atoms with Crippen molar-refractivity contribution in [2.75, 3.05) is 20.2 Å². The lowest BCUT2D eigenvalue weighted by Gasteiger charge is -2.58. The fourth-order valence-electron chi connectivity index (χ4n) is 6.99. The molecule has 7 rings (SSSR count). The maximum absolute atomic E-state index is 13.1. The van der Waals surface area contributed by atoms with Crippen LogP contribution in [0.2, 0.25) is 0 Å². The summed E-state index contributed by atoms with van der Waals surface area (Å²) in [7, 11) is -1.93. The van der Waals surface area contributed by atoms with Crippen molar-refractivity contribution in [3.8, 4) is 5.75 Å². The number of benzene rings is 3. The van der Waals surface area contributed by atoms with Gasteiger partial charge in [0.1, 0.15) is 24.4 Å². The third kappa shape index (κ3) is 4.62. The first-order chi connectivity index (χ1) is 19.3. The Bertz CT molecular complexity index is 1640. The maximum atomic E-state index is 13.1. The van der Waals surface area contributed by atoms with E-state index in [1.165, 1.54) is 0 Å². The number of methoxy groups -OCH3 is 1. The van der Waals surface area contributed by atoms with Crippen molar-refractivity contribution in [2.45, 2.75) is 41.3 Å². The Morgan fingerprint density at radius 2 is 1.82 bits per heavy atom. The predicted octanol–water partition coefficient (Wildman–Crippen LogP) is 5.72. The van der Waals surface area contributed by atoms with Crippen LogP contribution in [0.3, 0.4) is 0 Å². The number of hydrogen-bond acceptors (Lipinski definition) is 5. The van der Waals surface area contributed by atoms with Crippen LogP contribution in [-0.2, 0) is 16.4 Å². The highest BCUT2D eigenvalue weighted by Crippen LogP contribution is 2.48. The van der Waals surface area contributed by atoms with Crippen molar-refractivity contribution in [2.24, 2.45) is 11.8 Å². The summed E-state index contributed by atoms with van der Waals surface area (Å²) in [6, 6.07) is 23.5. The number of rotatable bonds is 8. The third-order valence-electron chi connectivity index (χ3n) is 9.13. The summed E-state index contributed by atoms with van der Waals surface area (Å²) >= 11 is 0. The molecule has 3 aromatic carbocycles. The highest BCUT2D eigenvalue weighted by Gasteiger charge is 2.54. The van der Waals surface area contributed by atoms with E-state index in [4.69, 9.17) is 4.74 Å². The number of piperidine rings is 3. The van der Waals surface area contributed by atoms with Crippen LogP contribution in [0, 0.1) is 11.8 Å². The van der Waals surface area contributed by atoms with E-state index >= 15 is 0 Å². The molecule has 4 aromatic rings. The molecule has 0 amide bonds. The molecule has 6 nitrogen and oxygen atoms in total. The number of fused-ring (bicyclic) bond motifs is 4. The number of hydrogen-bond donors (Lipinski definition) is 1. The molecular weight excluding hydrogens is 520 g/mol. The van der Waals surface area contributed by atoms with Gasteiger partial charge in [0, 0.05) is 35.9 Å². The number of pyridine rings is 1. The molecule has 206 valence electrons. The fourth-order valence-corrected chi connectivity index (χ4v) is 8.28. The van der Waals surface area contributed by atoms with E-state index in [1.54, 1.807) is 49.7 Å². The zero-order valence-corrected chi connectivity index (χ0v) is 23.5. The van der Waals surface area contributed by atoms with Gasteiger partial charge in [0.25, 0.3) is 0 Å². The van der Waals surface area contributed by atoms with Gasteiger partial charge < -0.3 is 14.3 Å². The Labute approximate surface area is 236 Å². The zero-order chi connectivity index (χ0) is 27.9. The molecule has 3 aliphatic rings. The van der Waals surface area contributed by atoms with Crippen LogP contribution in [-0.4, -0.2) is 49.2 Å². The first kappa shape index (κ1) is 26.7. The summed E-state index contributed by atoms with van der Waals surface area (Å²) in [6.07, 6.45) is 5.18. The van der Waals surface area contributed by atoms with E-state index < -0.39 is 15.9 Å². The standard InChI is InChI=1S/C33H35N2O4S/c1-3-24-22-35(21-23-9-12-28(13-10-23)40(37,38)27-7-5-4-6-8-27)18-16-25(24)19-32(35)33(36)29-15-17-34-31-14-11-26(39-2)20-30(29)31/h3-15,17,20,24-25,32-33,36H,1,16,18-19,21-22H2,2H3/q+1/t24-,25-,32+,33+,35+/m0/s1. The lowest BCUT2D eigenvalue weighted by molar-refractivity contribution is -0.984. The number of sulfone groups is 1. The van der Waals surface area contributed by atoms with E-state index in [0.29, 0.717) is 16.7 Å². The lowest BCUT2D eigenvalue weighted by Crippen LogP contribution is -2.67. The highest BCUT2D eigenvalue weighted by molar-refractivity contribution is 7.91. The van der Waals surface area contributed by atoms with Crippen LogP contribution in [0.25, 0.3) is 10.9 Å². The summed E-state index contributed by atoms with van der Waals surface area (Å²) in [5.41, 5.74) is 2.77. The number of aliphatic hydroxyl groups excluding tert-OH is 1. The molecule has 1 aromatic heterocycles. The smallest absolute Gasteiger partial charge is 0.206 e. The van der Waals surface area contributed by atoms with E-state index in [1.807, 2.05) is 42.5 Å². The van der Waals surface area contributed by atoms with Crippen molar-refractivity contribution in [3.63, 3.8) is 0 Å². The van der Waals surface area contributed by atoms with Gasteiger partial charge in [-0.25, -0.2) is 8.42 Å². The summed E-state index contributed by atoms with van der Waals surface area (Å²) < 4.78 is 32.5. The second kappa shape index (κ2) is 10.5. The van der Waals surface area contributed by atoms with E-state index in [2.05, 4.69) is 17.6 Å². The molecule has 3 saturated heterocycles. The lowest BCUT2D eigenvalue weighted by atomic mass is 9.71. The van der Waals surface area contributed by atoms with Crippen molar-refractivity contribution in [1.82, 2.24) is 4.98 Å². The molecule has 0 aliphatic carbocycles. The first-order valence-electron chi connectivity index (χ1n) is 13.8. The molecule has 1 N–H and O–H groups in total. The molecule has 0 saturated carbocycles. The Morgan fingerprint density at radius 3 is 2.55 bits per heavy atom. The normalized spacial score (nSPS) is 25.0. The van der Waals surface area contributed by atoms with Crippen LogP contribution < -0.4 is 4.74 Å². The SMILES string of the molecule is C=C[C@H]1C[N@+]2(Cc3ccc(S(=O)(=O)c4ccccc4)cc3)CC[C@H]1C[C@@H]2[C@H](O)c1ccnc2ccc(OC)cc12. The molecular formula is C33H35N2O4S+. The average Bonchev–Trinajstić information content (AvgIpc) is 3.00. The monoisotopic (exact) mass is 555 g/mol. The average molecular weight is 556 g/mol. The largest absolute Gasteiger partial charge is 0.497 e. The molecule has 0 unspecified atom stereocenters. The van der Waals surface area contributed by atoms with Crippen LogP contribution in [0.1, 0.15) is 30.1 Å². The number of aliphatic hydroxyl groups is 1. The summed E-state index contributed by atoms with van der Waals surface area (Å²) in [5, 5.41) is 12.9. The molecule has 40 heavy (non-hydrogen) atoms. The second-order valence-corrected chi connectivity index (χ2v) is 13.2. The Morgan fingerprint density at radius 1 is 1.07 bits per heavy atom. The molecule has 3 aliphatic heterocycles. The fraction of sp³-hybridized carbons (Fsp3) is 0.303. The summed E-state index contributed by atoms with van der Waals surface area (Å²) in [5.74, 6) is 1.63. The quantitative estimate of drug-likeness (QED) is 0.222. The van der Waals surface area contributed by atoms with Gasteiger partial charge in [-0.1, -0.05) is 36.4 Å². The molecule has 3 fully saturated rings. The van der Waals surface area contributed by atoms with Crippen molar-refractivity contribution in [3.05, 3.63) is 109 Å². The van der Waals surface area contributed by atoms with Crippen LogP contribution in [0.5, 0.6) is 5.75 Å². The van der Waals surface area contributed by atoms with Crippen molar-refractivity contribution < 1.29 is 22.7 Å². The first-order valence-corrected chi connectivity index (χ1v) is 15.3. The van der Waals surface area contributed by atoms with Crippen molar-refractivity contribution >= 4 is 20.7 Å². The van der Waals surface area contributed by atoms with Crippen LogP contribution >= 0.6 is 0 Å². The number of nitrogens with zero attached hydrogens (tertiary/aromatic N) is 2. The minimum absolute atomic E-state index is 0.000482. The summed E-state index contributed by atoms with van der Waals surface area (Å²) in [6.45, 7) is 6.73. The topological polar surface area (TPSA) is 76.5 Å². The maximum Gasteiger partial charge on any atom is 0.206 e. The second-order valence-electron chi connectivity index (χ2n) is 11.2. The van der Waals surface area contributed by atoms with Crippen LogP contribution in [0.15, 0.2) is 108 Å². The van der Waals surface area contributed by atoms with Gasteiger partial charge in [-0.3, -0.25) is 4.98 Å².